The van der Waals surface area contributed by atoms with E-state index in [-0.39, 0.29) is 11.6 Å². The molecule has 2 N–H and O–H groups in total. The van der Waals surface area contributed by atoms with E-state index in [4.69, 9.17) is 45.9 Å². The first-order valence-corrected chi connectivity index (χ1v) is 6.80. The maximum absolute atomic E-state index is 13.6. The number of nitrogens with two attached hydrogens (primary N) is 1. The summed E-state index contributed by atoms with van der Waals surface area (Å²) in [5.41, 5.74) is 6.54. The monoisotopic (exact) mass is 329 g/mol. The van der Waals surface area contributed by atoms with E-state index in [1.165, 1.54) is 6.07 Å². The third-order valence-corrected chi connectivity index (χ3v) is 3.38. The Hall–Kier alpha value is -1.36. The van der Waals surface area contributed by atoms with Gasteiger partial charge in [0.15, 0.2) is 0 Å². The van der Waals surface area contributed by atoms with Crippen molar-refractivity contribution < 1.29 is 9.13 Å². The standard InChI is InChI=1S/C14H10Cl2FNOS/c15-10-3-1-9(12(17)6-10)7-19-13-4-2-8(14(18)20)5-11(13)16/h1-6H,7H2,(H2,18,20). The Morgan fingerprint density at radius 2 is 1.95 bits per heavy atom. The van der Waals surface area contributed by atoms with Gasteiger partial charge in [-0.2, -0.15) is 0 Å². The molecule has 0 spiro atoms. The SMILES string of the molecule is NC(=S)c1ccc(OCc2ccc(Cl)cc2F)c(Cl)c1. The summed E-state index contributed by atoms with van der Waals surface area (Å²) in [5.74, 6) is 0.00870. The van der Waals surface area contributed by atoms with Crippen LogP contribution in [0, 0.1) is 5.82 Å². The number of hydrogen-bond acceptors (Lipinski definition) is 2. The Bertz CT molecular complexity index is 664. The van der Waals surface area contributed by atoms with Crippen LogP contribution in [-0.2, 0) is 6.61 Å². The van der Waals surface area contributed by atoms with E-state index >= 15 is 0 Å². The van der Waals surface area contributed by atoms with Crippen LogP contribution in [0.4, 0.5) is 4.39 Å². The van der Waals surface area contributed by atoms with E-state index in [0.29, 0.717) is 26.9 Å². The summed E-state index contributed by atoms with van der Waals surface area (Å²) in [6, 6.07) is 9.34. The third-order valence-electron chi connectivity index (χ3n) is 2.61. The second-order valence-corrected chi connectivity index (χ2v) is 5.32. The third kappa shape index (κ3) is 3.60. The normalized spacial score (nSPS) is 10.3. The molecular weight excluding hydrogens is 320 g/mol. The Kier molecular flexibility index (Phi) is 4.81. The molecule has 0 unspecified atom stereocenters. The molecule has 0 radical (unpaired) electrons. The molecule has 0 saturated heterocycles. The van der Waals surface area contributed by atoms with E-state index < -0.39 is 5.82 Å². The van der Waals surface area contributed by atoms with E-state index in [1.54, 1.807) is 30.3 Å². The van der Waals surface area contributed by atoms with E-state index in [0.717, 1.165) is 0 Å². The minimum atomic E-state index is -0.423. The molecule has 0 heterocycles. The number of ether oxygens (including phenoxy) is 1. The van der Waals surface area contributed by atoms with Crippen LogP contribution in [0.25, 0.3) is 0 Å². The van der Waals surface area contributed by atoms with Crippen molar-refractivity contribution in [3.05, 3.63) is 63.4 Å². The molecule has 2 aromatic rings. The molecule has 0 aliphatic heterocycles. The molecule has 0 aliphatic carbocycles. The first-order chi connectivity index (χ1) is 9.47. The Morgan fingerprint density at radius 1 is 1.20 bits per heavy atom. The molecule has 0 aromatic heterocycles. The van der Waals surface area contributed by atoms with Gasteiger partial charge in [-0.1, -0.05) is 41.5 Å². The molecule has 0 fully saturated rings. The van der Waals surface area contributed by atoms with Crippen molar-refractivity contribution in [2.75, 3.05) is 0 Å². The van der Waals surface area contributed by atoms with Crippen LogP contribution in [0.2, 0.25) is 10.0 Å². The molecule has 6 heteroatoms. The van der Waals surface area contributed by atoms with Gasteiger partial charge < -0.3 is 10.5 Å². The summed E-state index contributed by atoms with van der Waals surface area (Å²) in [7, 11) is 0. The molecule has 20 heavy (non-hydrogen) atoms. The summed E-state index contributed by atoms with van der Waals surface area (Å²) < 4.78 is 19.1. The van der Waals surface area contributed by atoms with Gasteiger partial charge in [-0.3, -0.25) is 0 Å². The van der Waals surface area contributed by atoms with Crippen LogP contribution >= 0.6 is 35.4 Å². The lowest BCUT2D eigenvalue weighted by Gasteiger charge is -2.10. The Balaban J connectivity index is 2.13. The number of thiocarbonyl (C=S) groups is 1. The minimum Gasteiger partial charge on any atom is -0.487 e. The number of benzene rings is 2. The maximum atomic E-state index is 13.6. The van der Waals surface area contributed by atoms with Crippen molar-refractivity contribution in [1.82, 2.24) is 0 Å². The topological polar surface area (TPSA) is 35.2 Å². The van der Waals surface area contributed by atoms with Gasteiger partial charge in [-0.25, -0.2) is 4.39 Å². The van der Waals surface area contributed by atoms with Crippen molar-refractivity contribution in [1.29, 1.82) is 0 Å². The summed E-state index contributed by atoms with van der Waals surface area (Å²) in [4.78, 5) is 0.252. The lowest BCUT2D eigenvalue weighted by Crippen LogP contribution is -2.09. The molecule has 0 atom stereocenters. The fourth-order valence-corrected chi connectivity index (χ4v) is 2.09. The zero-order chi connectivity index (χ0) is 14.7. The number of halogens is 3. The lowest BCUT2D eigenvalue weighted by atomic mass is 10.2. The Morgan fingerprint density at radius 3 is 2.55 bits per heavy atom. The molecular formula is C14H10Cl2FNOS. The molecule has 0 bridgehead atoms. The largest absolute Gasteiger partial charge is 0.487 e. The van der Waals surface area contributed by atoms with Gasteiger partial charge in [-0.15, -0.1) is 0 Å². The van der Waals surface area contributed by atoms with Gasteiger partial charge in [-0.05, 0) is 30.3 Å². The second-order valence-electron chi connectivity index (χ2n) is 4.03. The predicted molar refractivity (Wildman–Crippen MR) is 83.1 cm³/mol. The first-order valence-electron chi connectivity index (χ1n) is 5.63. The summed E-state index contributed by atoms with van der Waals surface area (Å²) in [5, 5.41) is 0.703. The molecule has 2 rings (SSSR count). The lowest BCUT2D eigenvalue weighted by molar-refractivity contribution is 0.300. The van der Waals surface area contributed by atoms with Crippen LogP contribution in [0.15, 0.2) is 36.4 Å². The zero-order valence-corrected chi connectivity index (χ0v) is 12.5. The van der Waals surface area contributed by atoms with Crippen molar-refractivity contribution >= 4 is 40.4 Å². The second kappa shape index (κ2) is 6.39. The molecule has 104 valence electrons. The smallest absolute Gasteiger partial charge is 0.138 e. The summed E-state index contributed by atoms with van der Waals surface area (Å²) in [6.07, 6.45) is 0. The predicted octanol–water partition coefficient (Wildman–Crippen LogP) is 4.35. The van der Waals surface area contributed by atoms with Gasteiger partial charge in [0, 0.05) is 16.1 Å². The highest BCUT2D eigenvalue weighted by atomic mass is 35.5. The zero-order valence-electron chi connectivity index (χ0n) is 10.2. The van der Waals surface area contributed by atoms with Crippen molar-refractivity contribution in [3.8, 4) is 5.75 Å². The van der Waals surface area contributed by atoms with Gasteiger partial charge in [0.25, 0.3) is 0 Å². The van der Waals surface area contributed by atoms with Crippen LogP contribution in [-0.4, -0.2) is 4.99 Å². The fraction of sp³-hybridized carbons (Fsp3) is 0.0714. The highest BCUT2D eigenvalue weighted by molar-refractivity contribution is 7.80. The van der Waals surface area contributed by atoms with Crippen LogP contribution in [0.5, 0.6) is 5.75 Å². The first kappa shape index (κ1) is 15.0. The van der Waals surface area contributed by atoms with E-state index in [2.05, 4.69) is 0 Å². The van der Waals surface area contributed by atoms with E-state index in [9.17, 15) is 4.39 Å². The molecule has 0 aliphatic rings. The Labute approximate surface area is 131 Å². The van der Waals surface area contributed by atoms with Crippen molar-refractivity contribution in [2.24, 2.45) is 5.73 Å². The number of hydrogen-bond donors (Lipinski definition) is 1. The van der Waals surface area contributed by atoms with Gasteiger partial charge >= 0.3 is 0 Å². The van der Waals surface area contributed by atoms with Gasteiger partial charge in [0.1, 0.15) is 23.2 Å². The van der Waals surface area contributed by atoms with Crippen LogP contribution < -0.4 is 10.5 Å². The van der Waals surface area contributed by atoms with Gasteiger partial charge in [0.05, 0.1) is 5.02 Å². The highest BCUT2D eigenvalue weighted by Gasteiger charge is 2.07. The van der Waals surface area contributed by atoms with Crippen molar-refractivity contribution in [3.63, 3.8) is 0 Å². The molecule has 0 saturated carbocycles. The average molecular weight is 330 g/mol. The quantitative estimate of drug-likeness (QED) is 0.847. The number of rotatable bonds is 4. The highest BCUT2D eigenvalue weighted by Crippen LogP contribution is 2.27. The maximum Gasteiger partial charge on any atom is 0.138 e. The van der Waals surface area contributed by atoms with E-state index in [1.807, 2.05) is 0 Å². The summed E-state index contributed by atoms with van der Waals surface area (Å²) >= 11 is 16.6. The fourth-order valence-electron chi connectivity index (χ4n) is 1.57. The average Bonchev–Trinajstić information content (AvgIpc) is 2.38. The van der Waals surface area contributed by atoms with Gasteiger partial charge in [0.2, 0.25) is 0 Å². The van der Waals surface area contributed by atoms with Crippen LogP contribution in [0.1, 0.15) is 11.1 Å². The molecule has 2 aromatic carbocycles. The molecule has 0 amide bonds. The summed E-state index contributed by atoms with van der Waals surface area (Å²) in [6.45, 7) is 0.0507. The molecule has 2 nitrogen and oxygen atoms in total. The van der Waals surface area contributed by atoms with Crippen molar-refractivity contribution in [2.45, 2.75) is 6.61 Å². The minimum absolute atomic E-state index is 0.0507. The van der Waals surface area contributed by atoms with Crippen LogP contribution in [0.3, 0.4) is 0 Å².